The van der Waals surface area contributed by atoms with Crippen LogP contribution in [0, 0.1) is 0 Å². The Morgan fingerprint density at radius 1 is 1.45 bits per heavy atom. The van der Waals surface area contributed by atoms with E-state index in [1.807, 2.05) is 24.3 Å². The van der Waals surface area contributed by atoms with Gasteiger partial charge in [-0.25, -0.2) is 4.79 Å². The van der Waals surface area contributed by atoms with Gasteiger partial charge in [0.25, 0.3) is 0 Å². The molecule has 1 atom stereocenters. The Labute approximate surface area is 122 Å². The number of hydrogen-bond donors (Lipinski definition) is 1. The molecule has 20 heavy (non-hydrogen) atoms. The second-order valence-corrected chi connectivity index (χ2v) is 4.37. The van der Waals surface area contributed by atoms with Crippen molar-refractivity contribution in [2.45, 2.75) is 13.0 Å². The molecule has 1 amide bonds. The molecule has 1 heterocycles. The first-order valence-corrected chi connectivity index (χ1v) is 6.27. The van der Waals surface area contributed by atoms with E-state index in [1.54, 1.807) is 7.11 Å². The third-order valence-electron chi connectivity index (χ3n) is 2.24. The van der Waals surface area contributed by atoms with Crippen LogP contribution >= 0.6 is 11.6 Å². The number of hydrogen-bond acceptors (Lipinski definition) is 5. The minimum absolute atomic E-state index is 0.239. The van der Waals surface area contributed by atoms with Crippen LogP contribution in [0.1, 0.15) is 6.92 Å². The number of halogens is 1. The van der Waals surface area contributed by atoms with Gasteiger partial charge < -0.3 is 19.5 Å². The van der Waals surface area contributed by atoms with Crippen LogP contribution in [0.2, 0.25) is 0 Å². The van der Waals surface area contributed by atoms with Gasteiger partial charge in [-0.05, 0) is 23.7 Å². The van der Waals surface area contributed by atoms with E-state index < -0.39 is 6.09 Å². The summed E-state index contributed by atoms with van der Waals surface area (Å²) in [5.74, 6) is 1.31. The summed E-state index contributed by atoms with van der Waals surface area (Å²) < 4.78 is 15.6. The third kappa shape index (κ3) is 5.79. The first-order chi connectivity index (χ1) is 9.52. The zero-order valence-electron chi connectivity index (χ0n) is 11.2. The van der Waals surface area contributed by atoms with Crippen LogP contribution in [0.25, 0.3) is 0 Å². The number of amides is 1. The predicted molar refractivity (Wildman–Crippen MR) is 73.3 cm³/mol. The average Bonchev–Trinajstić information content (AvgIpc) is 2.82. The molecule has 0 aliphatic carbocycles. The van der Waals surface area contributed by atoms with Gasteiger partial charge in [-0.1, -0.05) is 12.1 Å². The average molecular weight is 302 g/mol. The van der Waals surface area contributed by atoms with E-state index in [9.17, 15) is 9.59 Å². The maximum Gasteiger partial charge on any atom is 0.407 e. The lowest BCUT2D eigenvalue weighted by atomic mass is 10.3. The summed E-state index contributed by atoms with van der Waals surface area (Å²) >= 11 is 4.64. The lowest BCUT2D eigenvalue weighted by molar-refractivity contribution is -0.109. The van der Waals surface area contributed by atoms with Crippen molar-refractivity contribution in [1.29, 1.82) is 0 Å². The van der Waals surface area contributed by atoms with Crippen molar-refractivity contribution < 1.29 is 23.8 Å². The number of benzene rings is 1. The van der Waals surface area contributed by atoms with Gasteiger partial charge in [0.15, 0.2) is 17.6 Å². The minimum Gasteiger partial charge on any atom is -0.493 e. The zero-order valence-corrected chi connectivity index (χ0v) is 12.0. The number of alkyl carbamates (subject to hydrolysis) is 1. The van der Waals surface area contributed by atoms with E-state index in [0.29, 0.717) is 24.7 Å². The van der Waals surface area contributed by atoms with E-state index in [1.165, 1.54) is 6.92 Å². The van der Waals surface area contributed by atoms with E-state index in [0.717, 1.165) is 0 Å². The molecule has 7 heteroatoms. The monoisotopic (exact) mass is 301 g/mol. The van der Waals surface area contributed by atoms with Crippen LogP contribution in [0.4, 0.5) is 4.79 Å². The summed E-state index contributed by atoms with van der Waals surface area (Å²) in [7, 11) is 1.58. The van der Waals surface area contributed by atoms with Crippen molar-refractivity contribution in [1.82, 2.24) is 5.32 Å². The molecule has 1 aromatic rings. The number of para-hydroxylation sites is 2. The topological polar surface area (TPSA) is 73.9 Å². The van der Waals surface area contributed by atoms with Gasteiger partial charge in [-0.3, -0.25) is 4.79 Å². The second kappa shape index (κ2) is 8.27. The van der Waals surface area contributed by atoms with Gasteiger partial charge in [0.2, 0.25) is 5.24 Å². The smallest absolute Gasteiger partial charge is 0.407 e. The minimum atomic E-state index is -0.395. The fraction of sp³-hybridized carbons (Fsp3) is 0.385. The van der Waals surface area contributed by atoms with Crippen LogP contribution in [-0.4, -0.2) is 37.7 Å². The Balaban J connectivity index is 0.000000444. The highest BCUT2D eigenvalue weighted by molar-refractivity contribution is 6.62. The number of nitrogens with one attached hydrogen (secondary N) is 1. The van der Waals surface area contributed by atoms with Crippen molar-refractivity contribution in [3.63, 3.8) is 0 Å². The maximum atomic E-state index is 10.8. The maximum absolute atomic E-state index is 10.8. The number of methoxy groups -OCH3 is 1. The van der Waals surface area contributed by atoms with Crippen LogP contribution in [0.3, 0.4) is 0 Å². The Morgan fingerprint density at radius 3 is 2.55 bits per heavy atom. The Hall–Kier alpha value is -1.95. The Bertz CT molecular complexity index is 462. The van der Waals surface area contributed by atoms with Gasteiger partial charge in [-0.2, -0.15) is 0 Å². The van der Waals surface area contributed by atoms with E-state index in [4.69, 9.17) is 14.2 Å². The van der Waals surface area contributed by atoms with E-state index >= 15 is 0 Å². The van der Waals surface area contributed by atoms with Crippen LogP contribution < -0.4 is 14.8 Å². The molecule has 0 spiro atoms. The SMILES string of the molecule is CC(=O)Cl.COc1ccccc1OCC1CNC(=O)O1. The number of ether oxygens (including phenoxy) is 3. The van der Waals surface area contributed by atoms with E-state index in [-0.39, 0.29) is 11.3 Å². The normalized spacial score (nSPS) is 16.4. The van der Waals surface area contributed by atoms with Gasteiger partial charge in [0, 0.05) is 6.92 Å². The lowest BCUT2D eigenvalue weighted by Crippen LogP contribution is -2.22. The second-order valence-electron chi connectivity index (χ2n) is 3.84. The summed E-state index contributed by atoms with van der Waals surface area (Å²) in [4.78, 5) is 20.0. The summed E-state index contributed by atoms with van der Waals surface area (Å²) in [6.45, 7) is 2.09. The highest BCUT2D eigenvalue weighted by Gasteiger charge is 2.23. The highest BCUT2D eigenvalue weighted by Crippen LogP contribution is 2.26. The molecule has 0 radical (unpaired) electrons. The quantitative estimate of drug-likeness (QED) is 0.861. The van der Waals surface area contributed by atoms with Crippen molar-refractivity contribution in [2.75, 3.05) is 20.3 Å². The molecule has 1 aliphatic rings. The van der Waals surface area contributed by atoms with Crippen molar-refractivity contribution >= 4 is 22.9 Å². The third-order valence-corrected chi connectivity index (χ3v) is 2.24. The molecule has 1 unspecified atom stereocenters. The molecule has 0 aromatic heterocycles. The van der Waals surface area contributed by atoms with Gasteiger partial charge in [-0.15, -0.1) is 0 Å². The number of carbonyl (C=O) groups is 2. The summed E-state index contributed by atoms with van der Waals surface area (Å²) in [6.07, 6.45) is -0.633. The molecular formula is C13H16ClNO5. The molecule has 1 N–H and O–H groups in total. The van der Waals surface area contributed by atoms with Crippen LogP contribution in [0.15, 0.2) is 24.3 Å². The van der Waals surface area contributed by atoms with Crippen LogP contribution in [0.5, 0.6) is 11.5 Å². The number of rotatable bonds is 4. The summed E-state index contributed by atoms with van der Waals surface area (Å²) in [5, 5.41) is 2.20. The molecule has 0 saturated carbocycles. The van der Waals surface area contributed by atoms with Gasteiger partial charge >= 0.3 is 6.09 Å². The lowest BCUT2D eigenvalue weighted by Gasteiger charge is -2.12. The largest absolute Gasteiger partial charge is 0.493 e. The molecule has 1 aliphatic heterocycles. The number of carbonyl (C=O) groups excluding carboxylic acids is 2. The molecule has 1 aromatic carbocycles. The fourth-order valence-corrected chi connectivity index (χ4v) is 1.45. The molecule has 1 fully saturated rings. The first-order valence-electron chi connectivity index (χ1n) is 5.89. The molecule has 2 rings (SSSR count). The van der Waals surface area contributed by atoms with Crippen molar-refractivity contribution in [3.05, 3.63) is 24.3 Å². The Morgan fingerprint density at radius 2 is 2.05 bits per heavy atom. The standard InChI is InChI=1S/C11H13NO4.C2H3ClO/c1-14-9-4-2-3-5-10(9)15-7-8-6-12-11(13)16-8;1-2(3)4/h2-5,8H,6-7H2,1H3,(H,12,13);1H3. The molecule has 0 bridgehead atoms. The predicted octanol–water partition coefficient (Wildman–Crippen LogP) is 1.95. The summed E-state index contributed by atoms with van der Waals surface area (Å²) in [6, 6.07) is 7.34. The van der Waals surface area contributed by atoms with Gasteiger partial charge in [0.05, 0.1) is 13.7 Å². The molecule has 6 nitrogen and oxygen atoms in total. The zero-order chi connectivity index (χ0) is 15.0. The Kier molecular flexibility index (Phi) is 6.66. The molecular weight excluding hydrogens is 286 g/mol. The van der Waals surface area contributed by atoms with Crippen molar-refractivity contribution in [3.8, 4) is 11.5 Å². The van der Waals surface area contributed by atoms with Gasteiger partial charge in [0.1, 0.15) is 6.61 Å². The first kappa shape index (κ1) is 16.1. The fourth-order valence-electron chi connectivity index (χ4n) is 1.45. The van der Waals surface area contributed by atoms with E-state index in [2.05, 4.69) is 16.9 Å². The summed E-state index contributed by atoms with van der Waals surface area (Å²) in [5.41, 5.74) is 0. The van der Waals surface area contributed by atoms with Crippen molar-refractivity contribution in [2.24, 2.45) is 0 Å². The molecule has 1 saturated heterocycles. The highest BCUT2D eigenvalue weighted by atomic mass is 35.5. The molecule has 110 valence electrons. The number of cyclic esters (lactones) is 1. The van der Waals surface area contributed by atoms with Crippen LogP contribution in [-0.2, 0) is 9.53 Å².